The number of nitrogens with two attached hydrogens (primary N) is 1. The van der Waals surface area contributed by atoms with Gasteiger partial charge in [-0.15, -0.1) is 0 Å². The summed E-state index contributed by atoms with van der Waals surface area (Å²) in [4.78, 5) is 0. The first-order valence-corrected chi connectivity index (χ1v) is 3.47. The zero-order chi connectivity index (χ0) is 6.91. The topological polar surface area (TPSA) is 35.2 Å². The second-order valence-corrected chi connectivity index (χ2v) is 3.38. The third kappa shape index (κ3) is 1.66. The lowest BCUT2D eigenvalue weighted by molar-refractivity contribution is 0.170. The van der Waals surface area contributed by atoms with Gasteiger partial charge in [-0.3, -0.25) is 0 Å². The molecule has 0 saturated carbocycles. The fourth-order valence-electron chi connectivity index (χ4n) is 1.12. The van der Waals surface area contributed by atoms with Gasteiger partial charge >= 0.3 is 0 Å². The zero-order valence-corrected chi connectivity index (χ0v) is 6.18. The Morgan fingerprint density at radius 2 is 2.22 bits per heavy atom. The van der Waals surface area contributed by atoms with Crippen molar-refractivity contribution in [1.82, 2.24) is 0 Å². The summed E-state index contributed by atoms with van der Waals surface area (Å²) in [5.74, 6) is 0.567. The standard InChI is InChI=1S/C7H15NO/c1-7(2,8)6-3-4-9-5-6/h6H,3-5,8H2,1-2H3/t6-/m0/s1. The lowest BCUT2D eigenvalue weighted by Gasteiger charge is -2.24. The summed E-state index contributed by atoms with van der Waals surface area (Å²) >= 11 is 0. The Morgan fingerprint density at radius 1 is 1.56 bits per heavy atom. The van der Waals surface area contributed by atoms with Gasteiger partial charge in [-0.25, -0.2) is 0 Å². The smallest absolute Gasteiger partial charge is 0.0512 e. The Kier molecular flexibility index (Phi) is 1.78. The van der Waals surface area contributed by atoms with E-state index in [9.17, 15) is 0 Å². The molecule has 1 atom stereocenters. The van der Waals surface area contributed by atoms with Crippen molar-refractivity contribution in [3.8, 4) is 0 Å². The van der Waals surface area contributed by atoms with Crippen molar-refractivity contribution in [3.63, 3.8) is 0 Å². The summed E-state index contributed by atoms with van der Waals surface area (Å²) < 4.78 is 5.20. The van der Waals surface area contributed by atoms with Crippen molar-refractivity contribution in [2.75, 3.05) is 13.2 Å². The van der Waals surface area contributed by atoms with Crippen LogP contribution in [0.4, 0.5) is 0 Å². The lowest BCUT2D eigenvalue weighted by atomic mass is 9.88. The minimum atomic E-state index is -0.0451. The molecule has 1 fully saturated rings. The fourth-order valence-corrected chi connectivity index (χ4v) is 1.12. The molecule has 0 aromatic heterocycles. The van der Waals surface area contributed by atoms with Gasteiger partial charge in [0.25, 0.3) is 0 Å². The maximum atomic E-state index is 5.86. The average Bonchev–Trinajstić information content (AvgIpc) is 2.08. The minimum absolute atomic E-state index is 0.0451. The summed E-state index contributed by atoms with van der Waals surface area (Å²) in [6.45, 7) is 5.87. The van der Waals surface area contributed by atoms with Gasteiger partial charge in [0.05, 0.1) is 6.61 Å². The van der Waals surface area contributed by atoms with Crippen LogP contribution in [0.25, 0.3) is 0 Å². The fraction of sp³-hybridized carbons (Fsp3) is 1.00. The lowest BCUT2D eigenvalue weighted by Crippen LogP contribution is -2.41. The molecule has 1 saturated heterocycles. The molecule has 0 spiro atoms. The molecule has 2 heteroatoms. The van der Waals surface area contributed by atoms with E-state index in [0.717, 1.165) is 19.6 Å². The van der Waals surface area contributed by atoms with E-state index in [1.807, 2.05) is 0 Å². The molecule has 2 N–H and O–H groups in total. The molecule has 1 heterocycles. The van der Waals surface area contributed by atoms with Crippen LogP contribution in [0.3, 0.4) is 0 Å². The van der Waals surface area contributed by atoms with Crippen LogP contribution in [-0.2, 0) is 4.74 Å². The normalized spacial score (nSPS) is 29.0. The van der Waals surface area contributed by atoms with Crippen LogP contribution >= 0.6 is 0 Å². The van der Waals surface area contributed by atoms with E-state index in [4.69, 9.17) is 10.5 Å². The second kappa shape index (κ2) is 2.27. The van der Waals surface area contributed by atoms with Crippen LogP contribution in [0.15, 0.2) is 0 Å². The van der Waals surface area contributed by atoms with E-state index in [0.29, 0.717) is 5.92 Å². The molecule has 0 aromatic carbocycles. The van der Waals surface area contributed by atoms with Crippen molar-refractivity contribution in [2.24, 2.45) is 11.7 Å². The summed E-state index contributed by atoms with van der Waals surface area (Å²) in [7, 11) is 0. The molecule has 54 valence electrons. The molecule has 1 aliphatic heterocycles. The Balaban J connectivity index is 2.42. The van der Waals surface area contributed by atoms with Gasteiger partial charge in [-0.2, -0.15) is 0 Å². The molecule has 1 aliphatic rings. The molecule has 0 unspecified atom stereocenters. The van der Waals surface area contributed by atoms with E-state index < -0.39 is 0 Å². The Bertz CT molecular complexity index is 89.6. The average molecular weight is 129 g/mol. The third-order valence-electron chi connectivity index (χ3n) is 1.98. The largest absolute Gasteiger partial charge is 0.381 e. The number of hydrogen-bond donors (Lipinski definition) is 1. The minimum Gasteiger partial charge on any atom is -0.381 e. The van der Waals surface area contributed by atoms with Crippen LogP contribution in [0.1, 0.15) is 20.3 Å². The molecule has 2 nitrogen and oxygen atoms in total. The number of hydrogen-bond acceptors (Lipinski definition) is 2. The molecule has 1 rings (SSSR count). The van der Waals surface area contributed by atoms with Crippen molar-refractivity contribution < 1.29 is 4.74 Å². The van der Waals surface area contributed by atoms with Crippen LogP contribution in [0.5, 0.6) is 0 Å². The van der Waals surface area contributed by atoms with Crippen molar-refractivity contribution in [3.05, 3.63) is 0 Å². The molecule has 0 bridgehead atoms. The first kappa shape index (κ1) is 7.03. The first-order valence-electron chi connectivity index (χ1n) is 3.47. The van der Waals surface area contributed by atoms with Crippen LogP contribution in [0, 0.1) is 5.92 Å². The van der Waals surface area contributed by atoms with Crippen LogP contribution in [-0.4, -0.2) is 18.8 Å². The van der Waals surface area contributed by atoms with Crippen molar-refractivity contribution >= 4 is 0 Å². The van der Waals surface area contributed by atoms with E-state index in [1.54, 1.807) is 0 Å². The van der Waals surface area contributed by atoms with E-state index in [2.05, 4.69) is 13.8 Å². The summed E-state index contributed by atoms with van der Waals surface area (Å²) in [5, 5.41) is 0. The van der Waals surface area contributed by atoms with Crippen LogP contribution < -0.4 is 5.73 Å². The third-order valence-corrected chi connectivity index (χ3v) is 1.98. The van der Waals surface area contributed by atoms with Crippen LogP contribution in [0.2, 0.25) is 0 Å². The molecule has 9 heavy (non-hydrogen) atoms. The highest BCUT2D eigenvalue weighted by Gasteiger charge is 2.28. The Labute approximate surface area is 56.4 Å². The zero-order valence-electron chi connectivity index (χ0n) is 6.18. The van der Waals surface area contributed by atoms with E-state index in [1.165, 1.54) is 0 Å². The highest BCUT2D eigenvalue weighted by atomic mass is 16.5. The van der Waals surface area contributed by atoms with Gasteiger partial charge in [0.1, 0.15) is 0 Å². The molecule has 0 aliphatic carbocycles. The molecule has 0 amide bonds. The molecule has 0 radical (unpaired) electrons. The molecular weight excluding hydrogens is 114 g/mol. The van der Waals surface area contributed by atoms with Crippen molar-refractivity contribution in [1.29, 1.82) is 0 Å². The quantitative estimate of drug-likeness (QED) is 0.567. The number of ether oxygens (including phenoxy) is 1. The highest BCUT2D eigenvalue weighted by Crippen LogP contribution is 2.22. The second-order valence-electron chi connectivity index (χ2n) is 3.38. The van der Waals surface area contributed by atoms with Gasteiger partial charge in [0, 0.05) is 18.1 Å². The Morgan fingerprint density at radius 3 is 2.44 bits per heavy atom. The maximum absolute atomic E-state index is 5.86. The van der Waals surface area contributed by atoms with Gasteiger partial charge < -0.3 is 10.5 Å². The Hall–Kier alpha value is -0.0800. The molecule has 0 aromatic rings. The van der Waals surface area contributed by atoms with Crippen molar-refractivity contribution in [2.45, 2.75) is 25.8 Å². The predicted octanol–water partition coefficient (Wildman–Crippen LogP) is 0.760. The SMILES string of the molecule is CC(C)(N)[C@H]1CCOC1. The monoisotopic (exact) mass is 129 g/mol. The summed E-state index contributed by atoms with van der Waals surface area (Å²) in [6, 6.07) is 0. The van der Waals surface area contributed by atoms with E-state index >= 15 is 0 Å². The van der Waals surface area contributed by atoms with E-state index in [-0.39, 0.29) is 5.54 Å². The summed E-state index contributed by atoms with van der Waals surface area (Å²) in [6.07, 6.45) is 1.13. The van der Waals surface area contributed by atoms with Gasteiger partial charge in [0.15, 0.2) is 0 Å². The molecular formula is C7H15NO. The van der Waals surface area contributed by atoms with Gasteiger partial charge in [-0.1, -0.05) is 0 Å². The summed E-state index contributed by atoms with van der Waals surface area (Å²) in [5.41, 5.74) is 5.82. The van der Waals surface area contributed by atoms with Gasteiger partial charge in [-0.05, 0) is 20.3 Å². The maximum Gasteiger partial charge on any atom is 0.0512 e. The number of rotatable bonds is 1. The first-order chi connectivity index (χ1) is 4.11. The van der Waals surface area contributed by atoms with Gasteiger partial charge in [0.2, 0.25) is 0 Å². The predicted molar refractivity (Wildman–Crippen MR) is 37.2 cm³/mol. The highest BCUT2D eigenvalue weighted by molar-refractivity contribution is 4.84.